The Bertz CT molecular complexity index is 354. The summed E-state index contributed by atoms with van der Waals surface area (Å²) in [6.45, 7) is 1.18. The molecule has 0 unspecified atom stereocenters. The predicted molar refractivity (Wildman–Crippen MR) is 55.5 cm³/mol. The number of amides is 1. The fourth-order valence-corrected chi connectivity index (χ4v) is 1.03. The van der Waals surface area contributed by atoms with Crippen LogP contribution in [-0.4, -0.2) is 29.2 Å². The van der Waals surface area contributed by atoms with Crippen molar-refractivity contribution >= 4 is 5.91 Å². The van der Waals surface area contributed by atoms with Crippen molar-refractivity contribution in [2.45, 2.75) is 12.8 Å². The van der Waals surface area contributed by atoms with E-state index in [-0.39, 0.29) is 17.2 Å². The van der Waals surface area contributed by atoms with E-state index in [0.29, 0.717) is 13.1 Å². The average molecular weight is 210 g/mol. The van der Waals surface area contributed by atoms with E-state index in [4.69, 9.17) is 5.73 Å². The maximum absolute atomic E-state index is 11.4. The van der Waals surface area contributed by atoms with Crippen LogP contribution in [0.15, 0.2) is 16.9 Å². The Balaban J connectivity index is 2.40. The lowest BCUT2D eigenvalue weighted by Crippen LogP contribution is -2.27. The quantitative estimate of drug-likeness (QED) is 0.556. The molecule has 0 aromatic carbocycles. The first kappa shape index (κ1) is 11.4. The molecule has 15 heavy (non-hydrogen) atoms. The van der Waals surface area contributed by atoms with Gasteiger partial charge >= 0.3 is 0 Å². The number of aromatic nitrogens is 2. The molecule has 6 nitrogen and oxygen atoms in total. The summed E-state index contributed by atoms with van der Waals surface area (Å²) in [4.78, 5) is 22.1. The fraction of sp³-hybridized carbons (Fsp3) is 0.444. The molecule has 0 radical (unpaired) electrons. The second-order valence-electron chi connectivity index (χ2n) is 3.06. The van der Waals surface area contributed by atoms with E-state index in [2.05, 4.69) is 15.5 Å². The summed E-state index contributed by atoms with van der Waals surface area (Å²) in [5.41, 5.74) is 5.19. The van der Waals surface area contributed by atoms with Crippen molar-refractivity contribution in [3.05, 3.63) is 28.2 Å². The molecule has 1 aromatic heterocycles. The number of hydrogen-bond acceptors (Lipinski definition) is 4. The number of aromatic amines is 1. The topological polar surface area (TPSA) is 101 Å². The van der Waals surface area contributed by atoms with Gasteiger partial charge < -0.3 is 11.1 Å². The van der Waals surface area contributed by atoms with Crippen molar-refractivity contribution in [1.82, 2.24) is 15.5 Å². The molecule has 0 bridgehead atoms. The molecule has 6 heteroatoms. The predicted octanol–water partition coefficient (Wildman–Crippen LogP) is -0.761. The molecule has 1 heterocycles. The van der Waals surface area contributed by atoms with Gasteiger partial charge in [0, 0.05) is 12.6 Å². The summed E-state index contributed by atoms with van der Waals surface area (Å²) in [6, 6.07) is 2.65. The minimum atomic E-state index is -0.324. The van der Waals surface area contributed by atoms with Gasteiger partial charge in [0.15, 0.2) is 0 Å². The zero-order valence-corrected chi connectivity index (χ0v) is 8.32. The molecule has 1 aromatic rings. The van der Waals surface area contributed by atoms with Crippen LogP contribution in [0.2, 0.25) is 0 Å². The van der Waals surface area contributed by atoms with Crippen LogP contribution >= 0.6 is 0 Å². The first-order chi connectivity index (χ1) is 7.24. The molecule has 0 spiro atoms. The number of hydrogen-bond donors (Lipinski definition) is 3. The Morgan fingerprint density at radius 3 is 2.87 bits per heavy atom. The normalized spacial score (nSPS) is 9.93. The molecule has 0 atom stereocenters. The summed E-state index contributed by atoms with van der Waals surface area (Å²) in [5, 5.41) is 8.47. The highest BCUT2D eigenvalue weighted by molar-refractivity contribution is 5.91. The fourth-order valence-electron chi connectivity index (χ4n) is 1.03. The minimum absolute atomic E-state index is 0.211. The lowest BCUT2D eigenvalue weighted by atomic mass is 10.3. The van der Waals surface area contributed by atoms with Crippen LogP contribution in [0.5, 0.6) is 0 Å². The van der Waals surface area contributed by atoms with E-state index in [0.717, 1.165) is 12.8 Å². The minimum Gasteiger partial charge on any atom is -0.351 e. The second kappa shape index (κ2) is 5.92. The van der Waals surface area contributed by atoms with Crippen molar-refractivity contribution in [2.24, 2.45) is 5.73 Å². The van der Waals surface area contributed by atoms with Gasteiger partial charge in [0.2, 0.25) is 0 Å². The van der Waals surface area contributed by atoms with Gasteiger partial charge in [-0.05, 0) is 25.5 Å². The number of carbonyl (C=O) groups excluding carboxylic acids is 1. The lowest BCUT2D eigenvalue weighted by molar-refractivity contribution is 0.0947. The molecule has 0 saturated heterocycles. The van der Waals surface area contributed by atoms with Crippen LogP contribution in [-0.2, 0) is 0 Å². The molecule has 4 N–H and O–H groups in total. The van der Waals surface area contributed by atoms with Gasteiger partial charge in [-0.3, -0.25) is 9.59 Å². The van der Waals surface area contributed by atoms with Crippen LogP contribution < -0.4 is 16.6 Å². The van der Waals surface area contributed by atoms with E-state index in [1.165, 1.54) is 12.1 Å². The van der Waals surface area contributed by atoms with Gasteiger partial charge in [-0.15, -0.1) is 0 Å². The third-order valence-corrected chi connectivity index (χ3v) is 1.83. The average Bonchev–Trinajstić information content (AvgIpc) is 2.25. The van der Waals surface area contributed by atoms with Gasteiger partial charge in [0.1, 0.15) is 5.69 Å². The van der Waals surface area contributed by atoms with Crippen LogP contribution in [0.3, 0.4) is 0 Å². The lowest BCUT2D eigenvalue weighted by Gasteiger charge is -2.02. The Hall–Kier alpha value is -1.69. The molecular formula is C9H14N4O2. The molecule has 1 amide bonds. The number of nitrogens with zero attached hydrogens (tertiary/aromatic N) is 1. The molecule has 1 rings (SSSR count). The van der Waals surface area contributed by atoms with Gasteiger partial charge in [0.25, 0.3) is 11.5 Å². The Labute approximate surface area is 86.9 Å². The smallest absolute Gasteiger partial charge is 0.271 e. The molecule has 0 aliphatic carbocycles. The van der Waals surface area contributed by atoms with Gasteiger partial charge in [-0.25, -0.2) is 5.10 Å². The van der Waals surface area contributed by atoms with Crippen molar-refractivity contribution < 1.29 is 4.79 Å². The Morgan fingerprint density at radius 2 is 2.27 bits per heavy atom. The Morgan fingerprint density at radius 1 is 1.47 bits per heavy atom. The van der Waals surface area contributed by atoms with Crippen molar-refractivity contribution in [1.29, 1.82) is 0 Å². The van der Waals surface area contributed by atoms with Crippen molar-refractivity contribution in [3.8, 4) is 0 Å². The standard InChI is InChI=1S/C9H14N4O2/c10-5-1-2-6-11-9(15)7-3-4-8(14)13-12-7/h3-4H,1-2,5-6,10H2,(H,11,15)(H,13,14). The summed E-state index contributed by atoms with van der Waals surface area (Å²) in [6.07, 6.45) is 1.71. The molecule has 0 aliphatic rings. The Kier molecular flexibility index (Phi) is 4.49. The highest BCUT2D eigenvalue weighted by atomic mass is 16.2. The van der Waals surface area contributed by atoms with Gasteiger partial charge in [0.05, 0.1) is 0 Å². The third kappa shape index (κ3) is 3.90. The number of nitrogens with one attached hydrogen (secondary N) is 2. The van der Waals surface area contributed by atoms with Crippen molar-refractivity contribution in [3.63, 3.8) is 0 Å². The zero-order chi connectivity index (χ0) is 11.1. The molecule has 82 valence electrons. The molecule has 0 fully saturated rings. The SMILES string of the molecule is NCCCCNC(=O)c1ccc(=O)[nH]n1. The summed E-state index contributed by atoms with van der Waals surface area (Å²) >= 11 is 0. The van der Waals surface area contributed by atoms with Gasteiger partial charge in [-0.1, -0.05) is 0 Å². The van der Waals surface area contributed by atoms with E-state index in [1.807, 2.05) is 0 Å². The van der Waals surface area contributed by atoms with Crippen LogP contribution in [0, 0.1) is 0 Å². The first-order valence-corrected chi connectivity index (χ1v) is 4.78. The number of nitrogens with two attached hydrogens (primary N) is 1. The van der Waals surface area contributed by atoms with E-state index in [1.54, 1.807) is 0 Å². The summed E-state index contributed by atoms with van der Waals surface area (Å²) in [5.74, 6) is -0.289. The van der Waals surface area contributed by atoms with Crippen LogP contribution in [0.4, 0.5) is 0 Å². The molecule has 0 aliphatic heterocycles. The number of carbonyl (C=O) groups is 1. The summed E-state index contributed by atoms with van der Waals surface area (Å²) in [7, 11) is 0. The third-order valence-electron chi connectivity index (χ3n) is 1.83. The van der Waals surface area contributed by atoms with Crippen LogP contribution in [0.25, 0.3) is 0 Å². The van der Waals surface area contributed by atoms with E-state index in [9.17, 15) is 9.59 Å². The highest BCUT2D eigenvalue weighted by Gasteiger charge is 2.05. The molecular weight excluding hydrogens is 196 g/mol. The van der Waals surface area contributed by atoms with Gasteiger partial charge in [-0.2, -0.15) is 5.10 Å². The largest absolute Gasteiger partial charge is 0.351 e. The number of H-pyrrole nitrogens is 1. The number of unbranched alkanes of at least 4 members (excludes halogenated alkanes) is 1. The maximum Gasteiger partial charge on any atom is 0.271 e. The maximum atomic E-state index is 11.4. The second-order valence-corrected chi connectivity index (χ2v) is 3.06. The number of rotatable bonds is 5. The highest BCUT2D eigenvalue weighted by Crippen LogP contribution is 1.89. The monoisotopic (exact) mass is 210 g/mol. The first-order valence-electron chi connectivity index (χ1n) is 4.78. The molecule has 0 saturated carbocycles. The van der Waals surface area contributed by atoms with Crippen molar-refractivity contribution in [2.75, 3.05) is 13.1 Å². The van der Waals surface area contributed by atoms with E-state index >= 15 is 0 Å². The summed E-state index contributed by atoms with van der Waals surface area (Å²) < 4.78 is 0. The van der Waals surface area contributed by atoms with Crippen LogP contribution in [0.1, 0.15) is 23.3 Å². The zero-order valence-electron chi connectivity index (χ0n) is 8.32. The van der Waals surface area contributed by atoms with E-state index < -0.39 is 0 Å².